The number of fused-ring (bicyclic) bond motifs is 7. The van der Waals surface area contributed by atoms with Gasteiger partial charge in [-0.15, -0.1) is 0 Å². The van der Waals surface area contributed by atoms with Crippen molar-refractivity contribution in [1.29, 1.82) is 0 Å². The Bertz CT molecular complexity index is 1380. The van der Waals surface area contributed by atoms with E-state index in [2.05, 4.69) is 59.9 Å². The van der Waals surface area contributed by atoms with Gasteiger partial charge in [0.25, 0.3) is 0 Å². The summed E-state index contributed by atoms with van der Waals surface area (Å²) in [5, 5.41) is 9.35. The quantitative estimate of drug-likeness (QED) is 0.180. The molecule has 1 N–H and O–H groups in total. The smallest absolute Gasteiger partial charge is 0.306 e. The lowest BCUT2D eigenvalue weighted by atomic mass is 9.32. The zero-order chi connectivity index (χ0) is 37.4. The zero-order valence-electron chi connectivity index (χ0n) is 34.0. The van der Waals surface area contributed by atoms with Crippen molar-refractivity contribution in [1.82, 2.24) is 4.90 Å². The van der Waals surface area contributed by atoms with Crippen LogP contribution in [0, 0.1) is 68.0 Å². The molecule has 6 aliphatic rings. The summed E-state index contributed by atoms with van der Waals surface area (Å²) in [5.41, 5.74) is 1.30. The highest BCUT2D eigenvalue weighted by Gasteiger charge is 2.71. The highest BCUT2D eigenvalue weighted by molar-refractivity contribution is 5.77. The minimum Gasteiger partial charge on any atom is -0.481 e. The van der Waals surface area contributed by atoms with E-state index in [0.717, 1.165) is 38.8 Å². The van der Waals surface area contributed by atoms with E-state index in [1.807, 2.05) is 13.8 Å². The summed E-state index contributed by atoms with van der Waals surface area (Å²) < 4.78 is 6.29. The van der Waals surface area contributed by atoms with E-state index in [1.165, 1.54) is 69.8 Å². The average Bonchev–Trinajstić information content (AvgIpc) is 3.64. The van der Waals surface area contributed by atoms with Gasteiger partial charge in [-0.25, -0.2) is 0 Å². The first-order chi connectivity index (χ1) is 23.7. The Kier molecular flexibility index (Phi) is 10.3. The van der Waals surface area contributed by atoms with Crippen LogP contribution in [0.2, 0.25) is 0 Å². The van der Waals surface area contributed by atoms with E-state index in [-0.39, 0.29) is 52.0 Å². The lowest BCUT2D eigenvalue weighted by Gasteiger charge is -2.73. The van der Waals surface area contributed by atoms with Crippen LogP contribution in [0.25, 0.3) is 0 Å². The van der Waals surface area contributed by atoms with Crippen molar-refractivity contribution in [2.24, 2.45) is 68.0 Å². The summed E-state index contributed by atoms with van der Waals surface area (Å²) in [4.78, 5) is 41.0. The van der Waals surface area contributed by atoms with Crippen LogP contribution in [0.3, 0.4) is 0 Å². The molecule has 0 unspecified atom stereocenters. The van der Waals surface area contributed by atoms with Crippen LogP contribution in [0.15, 0.2) is 12.2 Å². The Morgan fingerprint density at radius 2 is 1.59 bits per heavy atom. The third kappa shape index (κ3) is 6.44. The molecule has 6 heteroatoms. The number of allylic oxidation sites excluding steroid dienone is 1. The third-order valence-electron chi connectivity index (χ3n) is 17.5. The van der Waals surface area contributed by atoms with Crippen LogP contribution < -0.4 is 0 Å². The molecule has 11 atom stereocenters. The second-order valence-electron chi connectivity index (χ2n) is 21.3. The summed E-state index contributed by atoms with van der Waals surface area (Å²) in [5.74, 6) is 2.76. The van der Waals surface area contributed by atoms with Gasteiger partial charge in [-0.2, -0.15) is 0 Å². The zero-order valence-corrected chi connectivity index (χ0v) is 34.0. The molecule has 6 fully saturated rings. The fourth-order valence-corrected chi connectivity index (χ4v) is 15.0. The molecular formula is C45H73NO5. The molecule has 0 bridgehead atoms. The third-order valence-corrected chi connectivity index (χ3v) is 17.5. The number of aliphatic carboxylic acids is 1. The summed E-state index contributed by atoms with van der Waals surface area (Å²) in [7, 11) is 0. The second-order valence-corrected chi connectivity index (χ2v) is 21.3. The number of nitrogens with zero attached hydrogens (tertiary/aromatic N) is 1. The van der Waals surface area contributed by atoms with Crippen molar-refractivity contribution in [2.75, 3.05) is 13.1 Å². The molecule has 1 amide bonds. The maximum absolute atomic E-state index is 14.1. The Balaban J connectivity index is 1.22. The van der Waals surface area contributed by atoms with Crippen LogP contribution in [0.1, 0.15) is 165 Å². The normalized spacial score (nSPS) is 43.0. The Morgan fingerprint density at radius 3 is 2.25 bits per heavy atom. The van der Waals surface area contributed by atoms with Gasteiger partial charge in [0.2, 0.25) is 5.91 Å². The summed E-state index contributed by atoms with van der Waals surface area (Å²) in [6.07, 6.45) is 15.9. The van der Waals surface area contributed by atoms with Crippen LogP contribution in [0.5, 0.6) is 0 Å². The van der Waals surface area contributed by atoms with Crippen molar-refractivity contribution in [3.63, 3.8) is 0 Å². The highest BCUT2D eigenvalue weighted by Crippen LogP contribution is 2.78. The molecule has 0 spiro atoms. The van der Waals surface area contributed by atoms with Crippen molar-refractivity contribution in [3.05, 3.63) is 12.2 Å². The molecule has 6 nitrogen and oxygen atoms in total. The number of ether oxygens (including phenoxy) is 1. The van der Waals surface area contributed by atoms with E-state index < -0.39 is 11.4 Å². The van der Waals surface area contributed by atoms with E-state index >= 15 is 0 Å². The van der Waals surface area contributed by atoms with E-state index in [0.29, 0.717) is 41.4 Å². The number of esters is 1. The van der Waals surface area contributed by atoms with Crippen molar-refractivity contribution >= 4 is 17.8 Å². The number of carboxylic acids is 1. The molecule has 1 heterocycles. The predicted molar refractivity (Wildman–Crippen MR) is 204 cm³/mol. The van der Waals surface area contributed by atoms with Gasteiger partial charge in [0.05, 0.1) is 12.8 Å². The molecule has 5 aliphatic carbocycles. The summed E-state index contributed by atoms with van der Waals surface area (Å²) in [6, 6.07) is 0. The average molecular weight is 708 g/mol. The van der Waals surface area contributed by atoms with Gasteiger partial charge in [-0.05, 0) is 147 Å². The molecule has 0 radical (unpaired) electrons. The van der Waals surface area contributed by atoms with E-state index in [1.54, 1.807) is 0 Å². The highest BCUT2D eigenvalue weighted by atomic mass is 16.5. The number of hydrogen-bond acceptors (Lipinski definition) is 4. The topological polar surface area (TPSA) is 83.9 Å². The van der Waals surface area contributed by atoms with Gasteiger partial charge in [0.15, 0.2) is 0 Å². The number of rotatable bonds is 10. The number of carbonyl (C=O) groups is 3. The number of carboxylic acid groups (broad SMARTS) is 1. The molecule has 51 heavy (non-hydrogen) atoms. The van der Waals surface area contributed by atoms with Gasteiger partial charge in [-0.1, -0.05) is 74.0 Å². The van der Waals surface area contributed by atoms with Crippen LogP contribution >= 0.6 is 0 Å². The van der Waals surface area contributed by atoms with E-state index in [4.69, 9.17) is 4.74 Å². The number of carbonyl (C=O) groups excluding carboxylic acids is 2. The van der Waals surface area contributed by atoms with Crippen molar-refractivity contribution < 1.29 is 24.2 Å². The molecule has 6 rings (SSSR count). The number of likely N-dealkylation sites (tertiary alicyclic amines) is 1. The molecule has 0 aromatic carbocycles. The Hall–Kier alpha value is -1.85. The molecule has 0 aromatic heterocycles. The molecule has 0 aromatic rings. The molecule has 1 aliphatic heterocycles. The molecule has 288 valence electrons. The van der Waals surface area contributed by atoms with Gasteiger partial charge in [0, 0.05) is 24.9 Å². The van der Waals surface area contributed by atoms with E-state index in [9.17, 15) is 19.5 Å². The lowest BCUT2D eigenvalue weighted by Crippen LogP contribution is -2.67. The van der Waals surface area contributed by atoms with Crippen LogP contribution in [-0.4, -0.2) is 47.0 Å². The van der Waals surface area contributed by atoms with Gasteiger partial charge in [-0.3, -0.25) is 14.4 Å². The molecule has 5 saturated carbocycles. The summed E-state index contributed by atoms with van der Waals surface area (Å²) in [6.45, 7) is 27.4. The van der Waals surface area contributed by atoms with Crippen molar-refractivity contribution in [3.8, 4) is 0 Å². The van der Waals surface area contributed by atoms with Crippen LogP contribution in [0.4, 0.5) is 0 Å². The predicted octanol–water partition coefficient (Wildman–Crippen LogP) is 10.5. The lowest BCUT2D eigenvalue weighted by molar-refractivity contribution is -0.250. The number of hydrogen-bond donors (Lipinski definition) is 1. The second kappa shape index (κ2) is 13.5. The monoisotopic (exact) mass is 708 g/mol. The fraction of sp³-hybridized carbons (Fsp3) is 0.889. The first kappa shape index (κ1) is 38.9. The minimum absolute atomic E-state index is 0.0415. The van der Waals surface area contributed by atoms with Gasteiger partial charge < -0.3 is 14.7 Å². The Morgan fingerprint density at radius 1 is 0.863 bits per heavy atom. The van der Waals surface area contributed by atoms with Crippen molar-refractivity contribution in [2.45, 2.75) is 171 Å². The number of amides is 1. The minimum atomic E-state index is -0.877. The first-order valence-corrected chi connectivity index (χ1v) is 21.1. The SMILES string of the molecule is C=C(C)[C@@H]1CC[C@]2(CC(=O)N3CC[C@H](CCC)C3)CC[C@]3(C)[C@H](CC[C@@H]4[C@@]5(C)CC[C@H](OC(=O)CC(C)(C)CC(=O)O)C(C)(C)[C@@H]5CC[C@]43C)[C@@H]12. The van der Waals surface area contributed by atoms with Gasteiger partial charge >= 0.3 is 11.9 Å². The standard InChI is InChI=1S/C45H73NO5/c1-11-12-30-18-24-46(28-30)36(47)25-45-21-15-31(29(2)3)39(45)32-13-14-34-42(8)19-17-35(51-38(50)27-40(4,5)26-37(48)49)41(6,7)33(42)16-20-44(34,10)43(32,9)22-23-45/h30-35,39H,2,11-28H2,1,3-10H3,(H,48,49)/t30-,31-,32+,33-,34+,35-,39+,42-,43+,44+,45+/m0/s1. The van der Waals surface area contributed by atoms with Gasteiger partial charge in [0.1, 0.15) is 6.10 Å². The maximum Gasteiger partial charge on any atom is 0.306 e. The van der Waals surface area contributed by atoms with Crippen LogP contribution in [-0.2, 0) is 19.1 Å². The maximum atomic E-state index is 14.1. The fourth-order valence-electron chi connectivity index (χ4n) is 15.0. The Labute approximate surface area is 310 Å². The largest absolute Gasteiger partial charge is 0.481 e. The molecular weight excluding hydrogens is 634 g/mol. The first-order valence-electron chi connectivity index (χ1n) is 21.1. The summed E-state index contributed by atoms with van der Waals surface area (Å²) >= 11 is 0. The molecule has 1 saturated heterocycles.